The van der Waals surface area contributed by atoms with Crippen LogP contribution in [0.4, 0.5) is 0 Å². The molecule has 0 radical (unpaired) electrons. The van der Waals surface area contributed by atoms with Crippen LogP contribution in [-0.2, 0) is 16.6 Å². The summed E-state index contributed by atoms with van der Waals surface area (Å²) in [4.78, 5) is 0.252. The van der Waals surface area contributed by atoms with Crippen LogP contribution in [0.1, 0.15) is 18.9 Å². The maximum Gasteiger partial charge on any atom is 0.243 e. The van der Waals surface area contributed by atoms with Crippen molar-refractivity contribution in [2.45, 2.75) is 24.8 Å². The van der Waals surface area contributed by atoms with Gasteiger partial charge in [0.2, 0.25) is 10.0 Å². The monoisotopic (exact) mass is 267 g/mol. The Kier molecular flexibility index (Phi) is 3.85. The number of benzene rings is 1. The first-order valence-electron chi connectivity index (χ1n) is 5.89. The second-order valence-corrected chi connectivity index (χ2v) is 6.41. The average molecular weight is 267 g/mol. The summed E-state index contributed by atoms with van der Waals surface area (Å²) in [7, 11) is -3.44. The Hall–Kier alpha value is -1.17. The molecule has 5 heteroatoms. The van der Waals surface area contributed by atoms with E-state index in [9.17, 15) is 8.42 Å². The minimum absolute atomic E-state index is 0.150. The van der Waals surface area contributed by atoms with Gasteiger partial charge < -0.3 is 5.11 Å². The van der Waals surface area contributed by atoms with Gasteiger partial charge in [-0.25, -0.2) is 8.42 Å². The molecule has 0 fully saturated rings. The molecule has 0 atom stereocenters. The third-order valence-corrected chi connectivity index (χ3v) is 4.98. The van der Waals surface area contributed by atoms with E-state index in [-0.39, 0.29) is 11.5 Å². The highest BCUT2D eigenvalue weighted by Gasteiger charge is 2.25. The SMILES string of the molecule is CC1=CCN(S(=O)(=O)c2cccc(CO)c2)CC1. The number of aliphatic hydroxyl groups is 1. The summed E-state index contributed by atoms with van der Waals surface area (Å²) < 4.78 is 26.2. The first kappa shape index (κ1) is 13.3. The van der Waals surface area contributed by atoms with Gasteiger partial charge in [0.25, 0.3) is 0 Å². The topological polar surface area (TPSA) is 57.6 Å². The van der Waals surface area contributed by atoms with Crippen LogP contribution in [0.2, 0.25) is 0 Å². The Morgan fingerprint density at radius 3 is 2.78 bits per heavy atom. The quantitative estimate of drug-likeness (QED) is 0.845. The number of sulfonamides is 1. The number of hydrogen-bond acceptors (Lipinski definition) is 3. The van der Waals surface area contributed by atoms with Crippen molar-refractivity contribution < 1.29 is 13.5 Å². The van der Waals surface area contributed by atoms with Gasteiger partial charge in [-0.2, -0.15) is 4.31 Å². The molecule has 1 aliphatic rings. The average Bonchev–Trinajstić information content (AvgIpc) is 2.39. The van der Waals surface area contributed by atoms with Gasteiger partial charge in [0.1, 0.15) is 0 Å². The predicted molar refractivity (Wildman–Crippen MR) is 69.5 cm³/mol. The molecule has 0 bridgehead atoms. The fourth-order valence-electron chi connectivity index (χ4n) is 1.92. The molecule has 0 aliphatic carbocycles. The van der Waals surface area contributed by atoms with Crippen LogP contribution < -0.4 is 0 Å². The molecule has 1 aromatic rings. The zero-order chi connectivity index (χ0) is 13.2. The zero-order valence-corrected chi connectivity index (χ0v) is 11.2. The first-order valence-corrected chi connectivity index (χ1v) is 7.33. The summed E-state index contributed by atoms with van der Waals surface area (Å²) in [6.45, 7) is 2.81. The van der Waals surface area contributed by atoms with Crippen molar-refractivity contribution in [1.82, 2.24) is 4.31 Å². The van der Waals surface area contributed by atoms with Crippen molar-refractivity contribution in [3.63, 3.8) is 0 Å². The van der Waals surface area contributed by atoms with E-state index in [1.54, 1.807) is 18.2 Å². The molecule has 98 valence electrons. The van der Waals surface area contributed by atoms with Crippen molar-refractivity contribution in [2.75, 3.05) is 13.1 Å². The molecule has 4 nitrogen and oxygen atoms in total. The van der Waals surface area contributed by atoms with Crippen molar-refractivity contribution in [3.8, 4) is 0 Å². The molecule has 2 rings (SSSR count). The number of rotatable bonds is 3. The molecule has 0 unspecified atom stereocenters. The minimum atomic E-state index is -3.44. The lowest BCUT2D eigenvalue weighted by Crippen LogP contribution is -2.34. The second-order valence-electron chi connectivity index (χ2n) is 4.47. The molecule has 1 N–H and O–H groups in total. The molecule has 0 spiro atoms. The Morgan fingerprint density at radius 2 is 2.17 bits per heavy atom. The maximum atomic E-state index is 12.4. The van der Waals surface area contributed by atoms with Crippen LogP contribution in [0.25, 0.3) is 0 Å². The van der Waals surface area contributed by atoms with Gasteiger partial charge >= 0.3 is 0 Å². The molecule has 0 saturated heterocycles. The maximum absolute atomic E-state index is 12.4. The Labute approximate surface area is 108 Å². The van der Waals surface area contributed by atoms with Crippen molar-refractivity contribution in [2.24, 2.45) is 0 Å². The molecule has 0 amide bonds. The fraction of sp³-hybridized carbons (Fsp3) is 0.385. The molecule has 1 heterocycles. The standard InChI is InChI=1S/C13H17NO3S/c1-11-5-7-14(8-6-11)18(16,17)13-4-2-3-12(9-13)10-15/h2-5,9,15H,6-8,10H2,1H3. The first-order chi connectivity index (χ1) is 8.54. The summed E-state index contributed by atoms with van der Waals surface area (Å²) >= 11 is 0. The van der Waals surface area contributed by atoms with Crippen LogP contribution in [0.5, 0.6) is 0 Å². The number of hydrogen-bond donors (Lipinski definition) is 1. The summed E-state index contributed by atoms with van der Waals surface area (Å²) in [5, 5.41) is 9.05. The Bertz CT molecular complexity index is 563. The lowest BCUT2D eigenvalue weighted by molar-refractivity contribution is 0.281. The minimum Gasteiger partial charge on any atom is -0.392 e. The highest BCUT2D eigenvalue weighted by atomic mass is 32.2. The van der Waals surface area contributed by atoms with E-state index in [1.807, 2.05) is 13.0 Å². The van der Waals surface area contributed by atoms with Gasteiger partial charge in [0, 0.05) is 13.1 Å². The van der Waals surface area contributed by atoms with Crippen molar-refractivity contribution in [3.05, 3.63) is 41.5 Å². The molecule has 0 aromatic heterocycles. The van der Waals surface area contributed by atoms with Gasteiger partial charge in [0.05, 0.1) is 11.5 Å². The van der Waals surface area contributed by atoms with Crippen LogP contribution in [0.15, 0.2) is 40.8 Å². The van der Waals surface area contributed by atoms with Crippen molar-refractivity contribution in [1.29, 1.82) is 0 Å². The van der Waals surface area contributed by atoms with Gasteiger partial charge in [-0.3, -0.25) is 0 Å². The predicted octanol–water partition coefficient (Wildman–Crippen LogP) is 1.52. The van der Waals surface area contributed by atoms with Crippen LogP contribution in [-0.4, -0.2) is 30.9 Å². The smallest absolute Gasteiger partial charge is 0.243 e. The summed E-state index contributed by atoms with van der Waals surface area (Å²) in [5.41, 5.74) is 1.84. The normalized spacial score (nSPS) is 17.6. The van der Waals surface area contributed by atoms with Crippen molar-refractivity contribution >= 4 is 10.0 Å². The molecule has 0 saturated carbocycles. The summed E-state index contributed by atoms with van der Waals surface area (Å²) in [6, 6.07) is 6.46. The van der Waals surface area contributed by atoms with E-state index in [4.69, 9.17) is 5.11 Å². The molecular formula is C13H17NO3S. The third-order valence-electron chi connectivity index (χ3n) is 3.12. The van der Waals surface area contributed by atoms with E-state index >= 15 is 0 Å². The second kappa shape index (κ2) is 5.22. The fourth-order valence-corrected chi connectivity index (χ4v) is 3.38. The Morgan fingerprint density at radius 1 is 1.39 bits per heavy atom. The molecule has 18 heavy (non-hydrogen) atoms. The van der Waals surface area contributed by atoms with E-state index in [2.05, 4.69) is 0 Å². The van der Waals surface area contributed by atoms with E-state index in [0.29, 0.717) is 18.7 Å². The van der Waals surface area contributed by atoms with Gasteiger partial charge in [-0.15, -0.1) is 0 Å². The van der Waals surface area contributed by atoms with Gasteiger partial charge in [-0.1, -0.05) is 23.8 Å². The largest absolute Gasteiger partial charge is 0.392 e. The van der Waals surface area contributed by atoms with E-state index in [1.165, 1.54) is 15.9 Å². The zero-order valence-electron chi connectivity index (χ0n) is 10.3. The van der Waals surface area contributed by atoms with Gasteiger partial charge in [-0.05, 0) is 31.0 Å². The van der Waals surface area contributed by atoms with Crippen LogP contribution in [0, 0.1) is 0 Å². The van der Waals surface area contributed by atoms with Crippen LogP contribution in [0.3, 0.4) is 0 Å². The van der Waals surface area contributed by atoms with Crippen LogP contribution >= 0.6 is 0 Å². The Balaban J connectivity index is 2.30. The highest BCUT2D eigenvalue weighted by Crippen LogP contribution is 2.21. The summed E-state index contributed by atoms with van der Waals surface area (Å²) in [5.74, 6) is 0. The lowest BCUT2D eigenvalue weighted by Gasteiger charge is -2.24. The van der Waals surface area contributed by atoms with E-state index < -0.39 is 10.0 Å². The third kappa shape index (κ3) is 2.63. The number of aliphatic hydroxyl groups excluding tert-OH is 1. The highest BCUT2D eigenvalue weighted by molar-refractivity contribution is 7.89. The van der Waals surface area contributed by atoms with E-state index in [0.717, 1.165) is 6.42 Å². The number of nitrogens with zero attached hydrogens (tertiary/aromatic N) is 1. The molecular weight excluding hydrogens is 250 g/mol. The lowest BCUT2D eigenvalue weighted by atomic mass is 10.1. The van der Waals surface area contributed by atoms with Gasteiger partial charge in [0.15, 0.2) is 0 Å². The summed E-state index contributed by atoms with van der Waals surface area (Å²) in [6.07, 6.45) is 2.72. The molecule has 1 aliphatic heterocycles. The molecule has 1 aromatic carbocycles.